The van der Waals surface area contributed by atoms with E-state index < -0.39 is 10.0 Å². The summed E-state index contributed by atoms with van der Waals surface area (Å²) < 4.78 is 39.8. The monoisotopic (exact) mass is 494 g/mol. The molecule has 3 atom stereocenters. The number of nitrogens with zero attached hydrogens (tertiary/aromatic N) is 3. The number of anilines is 1. The summed E-state index contributed by atoms with van der Waals surface area (Å²) in [6.07, 6.45) is -0.194. The molecular weight excluding hydrogens is 460 g/mol. The SMILES string of the molecule is Cc1noc(C)c1S(=O)(=O)Nc1ccc2c(c1)CC(=O)N([C@@H](C)CO)C[C@@H](C)[C@H](CN(C)C)O2. The maximum absolute atomic E-state index is 13.2. The van der Waals surface area contributed by atoms with Crippen molar-refractivity contribution in [1.82, 2.24) is 15.0 Å². The fourth-order valence-electron chi connectivity index (χ4n) is 4.14. The van der Waals surface area contributed by atoms with Crippen LogP contribution in [-0.2, 0) is 21.2 Å². The van der Waals surface area contributed by atoms with E-state index in [0.29, 0.717) is 30.1 Å². The van der Waals surface area contributed by atoms with Crippen molar-refractivity contribution in [3.05, 3.63) is 35.2 Å². The Bertz CT molecular complexity index is 1110. The minimum Gasteiger partial charge on any atom is -0.488 e. The Hall–Kier alpha value is -2.63. The van der Waals surface area contributed by atoms with Gasteiger partial charge >= 0.3 is 0 Å². The normalized spacial score (nSPS) is 20.2. The van der Waals surface area contributed by atoms with E-state index in [1.165, 1.54) is 6.92 Å². The van der Waals surface area contributed by atoms with Gasteiger partial charge in [0.05, 0.1) is 19.1 Å². The lowest BCUT2D eigenvalue weighted by molar-refractivity contribution is -0.134. The third kappa shape index (κ3) is 5.70. The van der Waals surface area contributed by atoms with Gasteiger partial charge in [-0.15, -0.1) is 0 Å². The standard InChI is InChI=1S/C23H34N4O6S/c1-14-11-27(15(2)13-28)22(29)10-18-9-19(7-8-20(18)32-21(14)12-26(5)6)25-34(30,31)23-16(3)24-33-17(23)4/h7-9,14-15,21,25,28H,10-13H2,1-6H3/t14-,15+,21+/m1/s1. The predicted octanol–water partition coefficient (Wildman–Crippen LogP) is 1.80. The zero-order valence-electron chi connectivity index (χ0n) is 20.5. The molecule has 1 aliphatic heterocycles. The number of fused-ring (bicyclic) bond motifs is 1. The molecule has 0 aliphatic carbocycles. The molecule has 3 rings (SSSR count). The van der Waals surface area contributed by atoms with E-state index in [2.05, 4.69) is 9.88 Å². The van der Waals surface area contributed by atoms with Gasteiger partial charge in [-0.2, -0.15) is 0 Å². The Morgan fingerprint density at radius 2 is 2.03 bits per heavy atom. The summed E-state index contributed by atoms with van der Waals surface area (Å²) in [5, 5.41) is 13.4. The van der Waals surface area contributed by atoms with Crippen molar-refractivity contribution in [3.63, 3.8) is 0 Å². The van der Waals surface area contributed by atoms with Crippen LogP contribution in [0.5, 0.6) is 5.75 Å². The lowest BCUT2D eigenvalue weighted by Gasteiger charge is -2.33. The number of rotatable bonds is 7. The number of hydrogen-bond acceptors (Lipinski definition) is 8. The van der Waals surface area contributed by atoms with Gasteiger partial charge in [-0.25, -0.2) is 8.42 Å². The molecule has 1 aliphatic rings. The number of aryl methyl sites for hydroxylation is 2. The number of amides is 1. The van der Waals surface area contributed by atoms with Crippen molar-refractivity contribution in [1.29, 1.82) is 0 Å². The van der Waals surface area contributed by atoms with Crippen LogP contribution in [0.3, 0.4) is 0 Å². The van der Waals surface area contributed by atoms with Gasteiger partial charge in [0.2, 0.25) is 5.91 Å². The highest BCUT2D eigenvalue weighted by atomic mass is 32.2. The molecule has 2 N–H and O–H groups in total. The third-order valence-electron chi connectivity index (χ3n) is 5.95. The molecule has 34 heavy (non-hydrogen) atoms. The average molecular weight is 495 g/mol. The first-order valence-electron chi connectivity index (χ1n) is 11.2. The van der Waals surface area contributed by atoms with E-state index in [-0.39, 0.29) is 53.3 Å². The summed E-state index contributed by atoms with van der Waals surface area (Å²) >= 11 is 0. The molecule has 0 bridgehead atoms. The molecule has 1 amide bonds. The van der Waals surface area contributed by atoms with E-state index in [4.69, 9.17) is 9.26 Å². The van der Waals surface area contributed by atoms with Crippen molar-refractivity contribution in [2.45, 2.75) is 51.2 Å². The number of hydrogen-bond donors (Lipinski definition) is 2. The molecule has 1 aromatic carbocycles. The zero-order valence-corrected chi connectivity index (χ0v) is 21.3. The first-order valence-corrected chi connectivity index (χ1v) is 12.7. The molecule has 1 aromatic heterocycles. The number of nitrogens with one attached hydrogen (secondary N) is 1. The maximum atomic E-state index is 13.2. The molecule has 10 nitrogen and oxygen atoms in total. The first kappa shape index (κ1) is 26.0. The minimum absolute atomic E-state index is 0.00372. The Kier molecular flexibility index (Phi) is 7.89. The van der Waals surface area contributed by atoms with Crippen LogP contribution in [-0.4, -0.2) is 80.3 Å². The highest BCUT2D eigenvalue weighted by Gasteiger charge is 2.31. The van der Waals surface area contributed by atoms with Gasteiger partial charge in [0, 0.05) is 30.3 Å². The summed E-state index contributed by atoms with van der Waals surface area (Å²) in [7, 11) is -0.0330. The van der Waals surface area contributed by atoms with E-state index in [0.717, 1.165) is 0 Å². The summed E-state index contributed by atoms with van der Waals surface area (Å²) in [6.45, 7) is 7.85. The number of carbonyl (C=O) groups excluding carboxylic acids is 1. The number of sulfonamides is 1. The van der Waals surface area contributed by atoms with Crippen LogP contribution in [0, 0.1) is 19.8 Å². The third-order valence-corrected chi connectivity index (χ3v) is 7.58. The number of aromatic nitrogens is 1. The molecule has 0 saturated carbocycles. The number of carbonyl (C=O) groups is 1. The minimum atomic E-state index is -3.94. The Balaban J connectivity index is 1.99. The lowest BCUT2D eigenvalue weighted by atomic mass is 10.0. The van der Waals surface area contributed by atoms with Gasteiger partial charge < -0.3 is 24.2 Å². The molecule has 0 saturated heterocycles. The van der Waals surface area contributed by atoms with Crippen LogP contribution < -0.4 is 9.46 Å². The molecule has 0 fully saturated rings. The molecule has 188 valence electrons. The quantitative estimate of drug-likeness (QED) is 0.597. The van der Waals surface area contributed by atoms with E-state index in [1.807, 2.05) is 25.9 Å². The van der Waals surface area contributed by atoms with Gasteiger partial charge in [0.15, 0.2) is 10.7 Å². The molecule has 0 unspecified atom stereocenters. The van der Waals surface area contributed by atoms with Gasteiger partial charge in [0.1, 0.15) is 17.5 Å². The Morgan fingerprint density at radius 1 is 1.32 bits per heavy atom. The molecule has 0 spiro atoms. The average Bonchev–Trinajstić information content (AvgIpc) is 3.11. The topological polar surface area (TPSA) is 125 Å². The number of benzene rings is 1. The molecular formula is C23H34N4O6S. The van der Waals surface area contributed by atoms with Gasteiger partial charge in [-0.1, -0.05) is 12.1 Å². The van der Waals surface area contributed by atoms with Gasteiger partial charge in [0.25, 0.3) is 10.0 Å². The highest BCUT2D eigenvalue weighted by molar-refractivity contribution is 7.92. The fraction of sp³-hybridized carbons (Fsp3) is 0.565. The smallest absolute Gasteiger partial charge is 0.267 e. The van der Waals surface area contributed by atoms with Crippen LogP contribution in [0.25, 0.3) is 0 Å². The number of ether oxygens (including phenoxy) is 1. The predicted molar refractivity (Wildman–Crippen MR) is 127 cm³/mol. The summed E-state index contributed by atoms with van der Waals surface area (Å²) in [4.78, 5) is 16.9. The fourth-order valence-corrected chi connectivity index (χ4v) is 5.52. The second kappa shape index (κ2) is 10.3. The summed E-state index contributed by atoms with van der Waals surface area (Å²) in [6, 6.07) is 4.57. The van der Waals surface area contributed by atoms with Crippen molar-refractivity contribution in [2.75, 3.05) is 38.5 Å². The zero-order chi connectivity index (χ0) is 25.2. The first-order chi connectivity index (χ1) is 15.9. The molecule has 2 heterocycles. The van der Waals surface area contributed by atoms with Gasteiger partial charge in [-0.05, 0) is 53.1 Å². The van der Waals surface area contributed by atoms with Crippen LogP contribution >= 0.6 is 0 Å². The van der Waals surface area contributed by atoms with Crippen LogP contribution in [0.4, 0.5) is 5.69 Å². The second-order valence-electron chi connectivity index (χ2n) is 9.23. The van der Waals surface area contributed by atoms with Crippen molar-refractivity contribution in [2.24, 2.45) is 5.92 Å². The maximum Gasteiger partial charge on any atom is 0.267 e. The second-order valence-corrected chi connectivity index (χ2v) is 10.9. The van der Waals surface area contributed by atoms with E-state index >= 15 is 0 Å². The number of aliphatic hydroxyl groups excluding tert-OH is 1. The van der Waals surface area contributed by atoms with Gasteiger partial charge in [-0.3, -0.25) is 9.52 Å². The van der Waals surface area contributed by atoms with Crippen molar-refractivity contribution < 1.29 is 27.6 Å². The van der Waals surface area contributed by atoms with Crippen LogP contribution in [0.1, 0.15) is 30.9 Å². The number of likely N-dealkylation sites (N-methyl/N-ethyl adjacent to an activating group) is 1. The summed E-state index contributed by atoms with van der Waals surface area (Å²) in [5.74, 6) is 0.574. The Morgan fingerprint density at radius 3 is 2.62 bits per heavy atom. The molecule has 0 radical (unpaired) electrons. The molecule has 2 aromatic rings. The van der Waals surface area contributed by atoms with Crippen LogP contribution in [0.2, 0.25) is 0 Å². The molecule has 11 heteroatoms. The highest BCUT2D eigenvalue weighted by Crippen LogP contribution is 2.30. The van der Waals surface area contributed by atoms with E-state index in [9.17, 15) is 18.3 Å². The van der Waals surface area contributed by atoms with Crippen LogP contribution in [0.15, 0.2) is 27.6 Å². The largest absolute Gasteiger partial charge is 0.488 e. The van der Waals surface area contributed by atoms with Crippen molar-refractivity contribution in [3.8, 4) is 5.75 Å². The summed E-state index contributed by atoms with van der Waals surface area (Å²) in [5.41, 5.74) is 1.13. The number of aliphatic hydroxyl groups is 1. The Labute approximate surface area is 200 Å². The van der Waals surface area contributed by atoms with Crippen molar-refractivity contribution >= 4 is 21.6 Å². The van der Waals surface area contributed by atoms with E-state index in [1.54, 1.807) is 36.9 Å². The lowest BCUT2D eigenvalue weighted by Crippen LogP contribution is -2.47.